The molecule has 0 saturated heterocycles. The molecule has 1 amide bonds. The Morgan fingerprint density at radius 3 is 2.74 bits per heavy atom. The molecule has 0 aromatic heterocycles. The van der Waals surface area contributed by atoms with Gasteiger partial charge < -0.3 is 10.0 Å². The first-order chi connectivity index (χ1) is 9.13. The van der Waals surface area contributed by atoms with E-state index < -0.39 is 5.97 Å². The maximum atomic E-state index is 12.1. The van der Waals surface area contributed by atoms with Crippen LogP contribution in [0.3, 0.4) is 0 Å². The number of aromatic carboxylic acids is 1. The van der Waals surface area contributed by atoms with E-state index in [1.807, 2.05) is 11.0 Å². The second kappa shape index (κ2) is 4.68. The first-order valence-electron chi connectivity index (χ1n) is 6.76. The zero-order valence-electron chi connectivity index (χ0n) is 10.8. The van der Waals surface area contributed by atoms with Crippen molar-refractivity contribution in [2.75, 3.05) is 6.54 Å². The van der Waals surface area contributed by atoms with Crippen molar-refractivity contribution >= 4 is 11.9 Å². The molecule has 0 unspecified atom stereocenters. The van der Waals surface area contributed by atoms with E-state index in [1.54, 1.807) is 12.1 Å². The van der Waals surface area contributed by atoms with Crippen LogP contribution in [0.1, 0.15) is 40.7 Å². The molecule has 1 aliphatic carbocycles. The van der Waals surface area contributed by atoms with Crippen molar-refractivity contribution in [2.45, 2.75) is 32.2 Å². The van der Waals surface area contributed by atoms with Crippen molar-refractivity contribution in [3.05, 3.63) is 34.9 Å². The predicted molar refractivity (Wildman–Crippen MR) is 69.9 cm³/mol. The molecule has 3 rings (SSSR count). The summed E-state index contributed by atoms with van der Waals surface area (Å²) in [5.74, 6) is -0.0335. The van der Waals surface area contributed by atoms with E-state index in [-0.39, 0.29) is 5.91 Å². The van der Waals surface area contributed by atoms with Crippen molar-refractivity contribution < 1.29 is 14.7 Å². The van der Waals surface area contributed by atoms with Gasteiger partial charge in [0.1, 0.15) is 0 Å². The molecule has 2 aliphatic rings. The molecule has 1 fully saturated rings. The quantitative estimate of drug-likeness (QED) is 0.904. The van der Waals surface area contributed by atoms with Crippen LogP contribution >= 0.6 is 0 Å². The van der Waals surface area contributed by atoms with Crippen LogP contribution in [0.15, 0.2) is 18.2 Å². The van der Waals surface area contributed by atoms with Gasteiger partial charge in [0.25, 0.3) is 0 Å². The number of nitrogens with zero attached hydrogens (tertiary/aromatic N) is 1. The maximum Gasteiger partial charge on any atom is 0.335 e. The Morgan fingerprint density at radius 2 is 2.05 bits per heavy atom. The predicted octanol–water partition coefficient (Wildman–Crippen LogP) is 2.07. The van der Waals surface area contributed by atoms with Gasteiger partial charge in [0.2, 0.25) is 5.91 Å². The highest BCUT2D eigenvalue weighted by Crippen LogP contribution is 2.33. The van der Waals surface area contributed by atoms with E-state index >= 15 is 0 Å². The molecule has 1 heterocycles. The topological polar surface area (TPSA) is 57.6 Å². The van der Waals surface area contributed by atoms with Crippen LogP contribution in [-0.4, -0.2) is 28.4 Å². The number of carboxylic acids is 1. The first kappa shape index (κ1) is 12.2. The highest BCUT2D eigenvalue weighted by Gasteiger charge is 2.28. The number of hydrogen-bond donors (Lipinski definition) is 1. The Morgan fingerprint density at radius 1 is 1.26 bits per heavy atom. The molecular formula is C15H17NO3. The minimum Gasteiger partial charge on any atom is -0.478 e. The number of carbonyl (C=O) groups is 2. The third-order valence-electron chi connectivity index (χ3n) is 3.98. The minimum atomic E-state index is -0.893. The fourth-order valence-electron chi connectivity index (χ4n) is 2.60. The molecule has 1 aliphatic heterocycles. The Kier molecular flexibility index (Phi) is 3.01. The van der Waals surface area contributed by atoms with Crippen LogP contribution in [0.2, 0.25) is 0 Å². The lowest BCUT2D eigenvalue weighted by Gasteiger charge is -2.29. The summed E-state index contributed by atoms with van der Waals surface area (Å²) in [4.78, 5) is 24.9. The van der Waals surface area contributed by atoms with Crippen LogP contribution < -0.4 is 0 Å². The third kappa shape index (κ3) is 2.62. The number of benzene rings is 1. The van der Waals surface area contributed by atoms with Crippen LogP contribution in [0.25, 0.3) is 0 Å². The number of hydrogen-bond acceptors (Lipinski definition) is 2. The van der Waals surface area contributed by atoms with Crippen LogP contribution in [0.5, 0.6) is 0 Å². The van der Waals surface area contributed by atoms with Gasteiger partial charge in [-0.05, 0) is 48.4 Å². The van der Waals surface area contributed by atoms with Crippen molar-refractivity contribution in [3.63, 3.8) is 0 Å². The van der Waals surface area contributed by atoms with Crippen molar-refractivity contribution in [1.29, 1.82) is 0 Å². The highest BCUT2D eigenvalue weighted by molar-refractivity contribution is 5.88. The molecule has 100 valence electrons. The van der Waals surface area contributed by atoms with E-state index in [1.165, 1.54) is 12.8 Å². The molecule has 0 spiro atoms. The molecule has 4 heteroatoms. The van der Waals surface area contributed by atoms with Crippen LogP contribution in [0, 0.1) is 5.92 Å². The second-order valence-corrected chi connectivity index (χ2v) is 5.50. The Hall–Kier alpha value is -1.84. The summed E-state index contributed by atoms with van der Waals surface area (Å²) in [6, 6.07) is 5.20. The molecular weight excluding hydrogens is 242 g/mol. The number of rotatable bonds is 3. The molecule has 19 heavy (non-hydrogen) atoms. The summed E-state index contributed by atoms with van der Waals surface area (Å²) in [5, 5.41) is 8.97. The average molecular weight is 259 g/mol. The molecule has 1 aromatic carbocycles. The molecule has 1 saturated carbocycles. The molecule has 1 N–H and O–H groups in total. The molecule has 0 radical (unpaired) electrons. The van der Waals surface area contributed by atoms with Crippen LogP contribution in [0.4, 0.5) is 0 Å². The Balaban J connectivity index is 1.72. The van der Waals surface area contributed by atoms with Crippen molar-refractivity contribution in [3.8, 4) is 0 Å². The van der Waals surface area contributed by atoms with Gasteiger partial charge in [-0.15, -0.1) is 0 Å². The summed E-state index contributed by atoms with van der Waals surface area (Å²) in [6.07, 6.45) is 3.83. The van der Waals surface area contributed by atoms with Gasteiger partial charge in [-0.3, -0.25) is 4.79 Å². The largest absolute Gasteiger partial charge is 0.478 e. The van der Waals surface area contributed by atoms with Gasteiger partial charge in [-0.25, -0.2) is 4.79 Å². The molecule has 0 atom stereocenters. The maximum absolute atomic E-state index is 12.1. The average Bonchev–Trinajstić information content (AvgIpc) is 3.21. The minimum absolute atomic E-state index is 0.246. The fourth-order valence-corrected chi connectivity index (χ4v) is 2.60. The SMILES string of the molecule is O=C(O)c1ccc2c(c1)CCN(C(=O)CC1CC1)C2. The standard InChI is InChI=1S/C15H17NO3/c17-14(7-10-1-2-10)16-6-5-11-8-12(15(18)19)3-4-13(11)9-16/h3-4,8,10H,1-2,5-7,9H2,(H,18,19). The lowest BCUT2D eigenvalue weighted by Crippen LogP contribution is -2.36. The Bertz CT molecular complexity index is 534. The second-order valence-electron chi connectivity index (χ2n) is 5.50. The van der Waals surface area contributed by atoms with E-state index in [0.717, 1.165) is 17.5 Å². The smallest absolute Gasteiger partial charge is 0.335 e. The third-order valence-corrected chi connectivity index (χ3v) is 3.98. The number of carboxylic acid groups (broad SMARTS) is 1. The van der Waals surface area contributed by atoms with Gasteiger partial charge in [-0.1, -0.05) is 6.07 Å². The van der Waals surface area contributed by atoms with E-state index in [2.05, 4.69) is 0 Å². The zero-order valence-corrected chi connectivity index (χ0v) is 10.8. The first-order valence-corrected chi connectivity index (χ1v) is 6.76. The number of fused-ring (bicyclic) bond motifs is 1. The summed E-state index contributed by atoms with van der Waals surface area (Å²) in [6.45, 7) is 1.34. The molecule has 0 bridgehead atoms. The van der Waals surface area contributed by atoms with Gasteiger partial charge in [-0.2, -0.15) is 0 Å². The van der Waals surface area contributed by atoms with Crippen molar-refractivity contribution in [1.82, 2.24) is 4.90 Å². The number of amides is 1. The van der Waals surface area contributed by atoms with Crippen LogP contribution in [-0.2, 0) is 17.8 Å². The molecule has 4 nitrogen and oxygen atoms in total. The van der Waals surface area contributed by atoms with Gasteiger partial charge in [0.15, 0.2) is 0 Å². The lowest BCUT2D eigenvalue weighted by molar-refractivity contribution is -0.132. The van der Waals surface area contributed by atoms with E-state index in [9.17, 15) is 9.59 Å². The van der Waals surface area contributed by atoms with Gasteiger partial charge in [0, 0.05) is 19.5 Å². The molecule has 1 aromatic rings. The van der Waals surface area contributed by atoms with E-state index in [0.29, 0.717) is 31.0 Å². The van der Waals surface area contributed by atoms with E-state index in [4.69, 9.17) is 5.11 Å². The van der Waals surface area contributed by atoms with Gasteiger partial charge in [0.05, 0.1) is 5.56 Å². The zero-order chi connectivity index (χ0) is 13.4. The Labute approximate surface area is 112 Å². The fraction of sp³-hybridized carbons (Fsp3) is 0.467. The van der Waals surface area contributed by atoms with Gasteiger partial charge >= 0.3 is 5.97 Å². The normalized spacial score (nSPS) is 18.0. The summed E-state index contributed by atoms with van der Waals surface area (Å²) < 4.78 is 0. The number of carbonyl (C=O) groups excluding carboxylic acids is 1. The summed E-state index contributed by atoms with van der Waals surface area (Å²) in [5.41, 5.74) is 2.48. The summed E-state index contributed by atoms with van der Waals surface area (Å²) >= 11 is 0. The lowest BCUT2D eigenvalue weighted by atomic mass is 9.97. The monoisotopic (exact) mass is 259 g/mol. The van der Waals surface area contributed by atoms with Crippen molar-refractivity contribution in [2.24, 2.45) is 5.92 Å². The highest BCUT2D eigenvalue weighted by atomic mass is 16.4. The summed E-state index contributed by atoms with van der Waals surface area (Å²) in [7, 11) is 0.